The van der Waals surface area contributed by atoms with Crippen LogP contribution in [-0.4, -0.2) is 31.4 Å². The Bertz CT molecular complexity index is 735. The smallest absolute Gasteiger partial charge is 0.320 e. The molecule has 5 heteroatoms. The van der Waals surface area contributed by atoms with Crippen LogP contribution in [0.2, 0.25) is 0 Å². The van der Waals surface area contributed by atoms with E-state index in [2.05, 4.69) is 0 Å². The molecule has 0 aliphatic heterocycles. The van der Waals surface area contributed by atoms with Gasteiger partial charge in [-0.2, -0.15) is 0 Å². The molecule has 5 nitrogen and oxygen atoms in total. The number of ether oxygens (including phenoxy) is 2. The van der Waals surface area contributed by atoms with E-state index >= 15 is 0 Å². The van der Waals surface area contributed by atoms with E-state index in [1.165, 1.54) is 0 Å². The van der Waals surface area contributed by atoms with Gasteiger partial charge in [-0.05, 0) is 30.2 Å². The molecule has 0 unspecified atom stereocenters. The molecule has 0 saturated carbocycles. The van der Waals surface area contributed by atoms with Crippen LogP contribution in [0.4, 0.5) is 0 Å². The maximum absolute atomic E-state index is 12.4. The molecular weight excluding hydrogens is 320 g/mol. The van der Waals surface area contributed by atoms with E-state index in [9.17, 15) is 14.4 Å². The molecule has 0 aromatic heterocycles. The Labute approximate surface area is 146 Å². The van der Waals surface area contributed by atoms with E-state index < -0.39 is 23.8 Å². The predicted octanol–water partition coefficient (Wildman–Crippen LogP) is 3.25. The van der Waals surface area contributed by atoms with Crippen LogP contribution in [-0.2, 0) is 23.9 Å². The summed E-state index contributed by atoms with van der Waals surface area (Å²) in [5, 5.41) is 2.02. The molecule has 0 heterocycles. The Morgan fingerprint density at radius 3 is 2.12 bits per heavy atom. The van der Waals surface area contributed by atoms with Gasteiger partial charge < -0.3 is 14.3 Å². The van der Waals surface area contributed by atoms with Crippen molar-refractivity contribution in [2.45, 2.75) is 26.2 Å². The topological polar surface area (TPSA) is 69.7 Å². The first kappa shape index (κ1) is 18.6. The van der Waals surface area contributed by atoms with Crippen LogP contribution in [0.3, 0.4) is 0 Å². The van der Waals surface area contributed by atoms with E-state index in [0.717, 1.165) is 16.3 Å². The van der Waals surface area contributed by atoms with E-state index in [0.29, 0.717) is 6.29 Å². The summed E-state index contributed by atoms with van der Waals surface area (Å²) in [6.45, 7) is 3.65. The number of fused-ring (bicyclic) bond motifs is 1. The zero-order chi connectivity index (χ0) is 18.2. The normalized spacial score (nSPS) is 12.0. The highest BCUT2D eigenvalue weighted by atomic mass is 16.6. The Kier molecular flexibility index (Phi) is 6.69. The molecule has 0 amide bonds. The highest BCUT2D eigenvalue weighted by Crippen LogP contribution is 2.32. The van der Waals surface area contributed by atoms with Crippen molar-refractivity contribution in [2.75, 3.05) is 13.2 Å². The molecule has 132 valence electrons. The third-order valence-corrected chi connectivity index (χ3v) is 4.04. The molecule has 2 aromatic carbocycles. The number of esters is 2. The van der Waals surface area contributed by atoms with Crippen LogP contribution in [0, 0.1) is 5.92 Å². The largest absolute Gasteiger partial charge is 0.465 e. The van der Waals surface area contributed by atoms with E-state index in [-0.39, 0.29) is 19.6 Å². The lowest BCUT2D eigenvalue weighted by Gasteiger charge is -2.23. The van der Waals surface area contributed by atoms with Gasteiger partial charge in [0.25, 0.3) is 0 Å². The summed E-state index contributed by atoms with van der Waals surface area (Å²) < 4.78 is 10.1. The molecule has 2 rings (SSSR count). The van der Waals surface area contributed by atoms with Crippen LogP contribution in [0.15, 0.2) is 42.5 Å². The van der Waals surface area contributed by atoms with Crippen molar-refractivity contribution in [1.29, 1.82) is 0 Å². The molecule has 0 aliphatic rings. The number of carbonyl (C=O) groups is 3. The van der Waals surface area contributed by atoms with Gasteiger partial charge in [-0.3, -0.25) is 9.59 Å². The summed E-state index contributed by atoms with van der Waals surface area (Å²) in [5.74, 6) is -3.12. The summed E-state index contributed by atoms with van der Waals surface area (Å²) in [4.78, 5) is 36.0. The second kappa shape index (κ2) is 8.97. The first-order valence-corrected chi connectivity index (χ1v) is 8.38. The van der Waals surface area contributed by atoms with Crippen molar-refractivity contribution in [1.82, 2.24) is 0 Å². The maximum atomic E-state index is 12.4. The van der Waals surface area contributed by atoms with Crippen LogP contribution in [0.1, 0.15) is 31.7 Å². The van der Waals surface area contributed by atoms with Crippen LogP contribution >= 0.6 is 0 Å². The fourth-order valence-electron chi connectivity index (χ4n) is 2.90. The number of hydrogen-bond acceptors (Lipinski definition) is 5. The third kappa shape index (κ3) is 4.44. The second-order valence-corrected chi connectivity index (χ2v) is 5.60. The highest BCUT2D eigenvalue weighted by molar-refractivity contribution is 5.96. The Balaban J connectivity index is 2.47. The van der Waals surface area contributed by atoms with Crippen LogP contribution in [0.25, 0.3) is 10.8 Å². The highest BCUT2D eigenvalue weighted by Gasteiger charge is 2.38. The van der Waals surface area contributed by atoms with Crippen molar-refractivity contribution in [3.63, 3.8) is 0 Å². The fraction of sp³-hybridized carbons (Fsp3) is 0.350. The zero-order valence-electron chi connectivity index (χ0n) is 14.4. The number of hydrogen-bond donors (Lipinski definition) is 0. The van der Waals surface area contributed by atoms with Crippen molar-refractivity contribution in [3.8, 4) is 0 Å². The minimum Gasteiger partial charge on any atom is -0.465 e. The molecule has 1 atom stereocenters. The average Bonchev–Trinajstić information content (AvgIpc) is 2.61. The molecule has 0 radical (unpaired) electrons. The van der Waals surface area contributed by atoms with Crippen LogP contribution in [0.5, 0.6) is 0 Å². The summed E-state index contributed by atoms with van der Waals surface area (Å²) >= 11 is 0. The SMILES string of the molecule is CCOC(=O)C(C(=O)OCC)[C@@H](CC=O)c1ccc2ccccc2c1. The monoisotopic (exact) mass is 342 g/mol. The first-order chi connectivity index (χ1) is 12.1. The molecule has 25 heavy (non-hydrogen) atoms. The van der Waals surface area contributed by atoms with Crippen molar-refractivity contribution >= 4 is 29.0 Å². The van der Waals surface area contributed by atoms with Gasteiger partial charge >= 0.3 is 11.9 Å². The van der Waals surface area contributed by atoms with Crippen LogP contribution < -0.4 is 0 Å². The molecular formula is C20H22O5. The minimum absolute atomic E-state index is 0.0284. The lowest BCUT2D eigenvalue weighted by atomic mass is 9.83. The predicted molar refractivity (Wildman–Crippen MR) is 94.1 cm³/mol. The van der Waals surface area contributed by atoms with E-state index in [1.54, 1.807) is 13.8 Å². The lowest BCUT2D eigenvalue weighted by molar-refractivity contribution is -0.162. The third-order valence-electron chi connectivity index (χ3n) is 4.04. The number of carbonyl (C=O) groups excluding carboxylic acids is 3. The number of rotatable bonds is 8. The number of aldehydes is 1. The van der Waals surface area contributed by atoms with Gasteiger partial charge in [0.15, 0.2) is 5.92 Å². The summed E-state index contributed by atoms with van der Waals surface area (Å²) in [5.41, 5.74) is 0.733. The lowest BCUT2D eigenvalue weighted by Crippen LogP contribution is -2.33. The fourth-order valence-corrected chi connectivity index (χ4v) is 2.90. The molecule has 0 spiro atoms. The Hall–Kier alpha value is -2.69. The Morgan fingerprint density at radius 1 is 0.960 bits per heavy atom. The molecule has 0 fully saturated rings. The minimum atomic E-state index is -1.16. The van der Waals surface area contributed by atoms with Crippen molar-refractivity contribution < 1.29 is 23.9 Å². The molecule has 0 N–H and O–H groups in total. The van der Waals surface area contributed by atoms with Gasteiger partial charge in [0.1, 0.15) is 6.29 Å². The standard InChI is InChI=1S/C20H22O5/c1-3-24-19(22)18(20(23)25-4-2)17(11-12-21)16-10-9-14-7-5-6-8-15(14)13-16/h5-10,12-13,17-18H,3-4,11H2,1-2H3/t17-/m0/s1. The van der Waals surface area contributed by atoms with Gasteiger partial charge in [0.2, 0.25) is 0 Å². The van der Waals surface area contributed by atoms with Gasteiger partial charge in [0, 0.05) is 12.3 Å². The van der Waals surface area contributed by atoms with E-state index in [4.69, 9.17) is 9.47 Å². The summed E-state index contributed by atoms with van der Waals surface area (Å²) in [7, 11) is 0. The quantitative estimate of drug-likeness (QED) is 0.418. The summed E-state index contributed by atoms with van der Waals surface area (Å²) in [6.07, 6.45) is 0.742. The van der Waals surface area contributed by atoms with Gasteiger partial charge in [-0.25, -0.2) is 0 Å². The maximum Gasteiger partial charge on any atom is 0.320 e. The second-order valence-electron chi connectivity index (χ2n) is 5.60. The van der Waals surface area contributed by atoms with Gasteiger partial charge in [0.05, 0.1) is 13.2 Å². The molecule has 0 saturated heterocycles. The first-order valence-electron chi connectivity index (χ1n) is 8.38. The average molecular weight is 342 g/mol. The van der Waals surface area contributed by atoms with Crippen molar-refractivity contribution in [3.05, 3.63) is 48.0 Å². The van der Waals surface area contributed by atoms with Gasteiger partial charge in [-0.1, -0.05) is 42.5 Å². The Morgan fingerprint density at radius 2 is 1.56 bits per heavy atom. The molecule has 2 aromatic rings. The molecule has 0 aliphatic carbocycles. The van der Waals surface area contributed by atoms with Crippen molar-refractivity contribution in [2.24, 2.45) is 5.92 Å². The van der Waals surface area contributed by atoms with Gasteiger partial charge in [-0.15, -0.1) is 0 Å². The van der Waals surface area contributed by atoms with E-state index in [1.807, 2.05) is 42.5 Å². The molecule has 0 bridgehead atoms. The number of benzene rings is 2. The zero-order valence-corrected chi connectivity index (χ0v) is 14.4. The summed E-state index contributed by atoms with van der Waals surface area (Å²) in [6, 6.07) is 13.4.